The maximum absolute atomic E-state index is 11.8. The lowest BCUT2D eigenvalue weighted by Gasteiger charge is -2.16. The van der Waals surface area contributed by atoms with Crippen LogP contribution in [-0.2, 0) is 4.79 Å². The summed E-state index contributed by atoms with van der Waals surface area (Å²) < 4.78 is 0. The van der Waals surface area contributed by atoms with Crippen LogP contribution in [0, 0.1) is 0 Å². The van der Waals surface area contributed by atoms with Crippen LogP contribution in [0.3, 0.4) is 0 Å². The van der Waals surface area contributed by atoms with E-state index in [-0.39, 0.29) is 18.3 Å². The van der Waals surface area contributed by atoms with E-state index in [1.807, 2.05) is 38.4 Å². The van der Waals surface area contributed by atoms with E-state index < -0.39 is 0 Å². The number of likely N-dealkylation sites (N-methyl/N-ethyl adjacent to an activating group) is 2. The summed E-state index contributed by atoms with van der Waals surface area (Å²) in [6.45, 7) is 1.53. The summed E-state index contributed by atoms with van der Waals surface area (Å²) in [7, 11) is 3.68. The standard InChI is InChI=1S/C12H17ClN2OS.ClH/c1-14-7-8-15(2)12(16)9-17-11-6-4-3-5-10(11)13;/h3-6,14H,7-9H2,1-2H3;1H. The molecule has 0 spiro atoms. The molecule has 0 saturated carbocycles. The molecule has 1 aromatic rings. The van der Waals surface area contributed by atoms with E-state index in [1.54, 1.807) is 4.90 Å². The number of benzene rings is 1. The summed E-state index contributed by atoms with van der Waals surface area (Å²) in [4.78, 5) is 14.4. The molecule has 0 aliphatic heterocycles. The van der Waals surface area contributed by atoms with Crippen LogP contribution in [0.2, 0.25) is 5.02 Å². The average molecular weight is 309 g/mol. The van der Waals surface area contributed by atoms with Gasteiger partial charge in [0.05, 0.1) is 10.8 Å². The van der Waals surface area contributed by atoms with Gasteiger partial charge in [0, 0.05) is 25.0 Å². The monoisotopic (exact) mass is 308 g/mol. The molecule has 18 heavy (non-hydrogen) atoms. The van der Waals surface area contributed by atoms with Crippen molar-refractivity contribution in [1.29, 1.82) is 0 Å². The third-order valence-corrected chi connectivity index (χ3v) is 3.81. The predicted octanol–water partition coefficient (Wildman–Crippen LogP) is 2.53. The minimum atomic E-state index is 0. The van der Waals surface area contributed by atoms with E-state index in [9.17, 15) is 4.79 Å². The van der Waals surface area contributed by atoms with Crippen molar-refractivity contribution in [1.82, 2.24) is 10.2 Å². The third kappa shape index (κ3) is 5.96. The molecule has 1 rings (SSSR count). The largest absolute Gasteiger partial charge is 0.344 e. The van der Waals surface area contributed by atoms with Crippen LogP contribution < -0.4 is 5.32 Å². The van der Waals surface area contributed by atoms with E-state index in [1.165, 1.54) is 11.8 Å². The Morgan fingerprint density at radius 2 is 2.11 bits per heavy atom. The second-order valence-corrected chi connectivity index (χ2v) is 5.06. The molecule has 1 amide bonds. The molecular weight excluding hydrogens is 291 g/mol. The maximum atomic E-state index is 11.8. The summed E-state index contributed by atoms with van der Waals surface area (Å²) in [6.07, 6.45) is 0. The fraction of sp³-hybridized carbons (Fsp3) is 0.417. The fourth-order valence-electron chi connectivity index (χ4n) is 1.22. The summed E-state index contributed by atoms with van der Waals surface area (Å²) in [5.41, 5.74) is 0. The smallest absolute Gasteiger partial charge is 0.232 e. The van der Waals surface area contributed by atoms with Crippen molar-refractivity contribution in [2.45, 2.75) is 4.90 Å². The van der Waals surface area contributed by atoms with Crippen LogP contribution in [0.4, 0.5) is 0 Å². The summed E-state index contributed by atoms with van der Waals surface area (Å²) in [5, 5.41) is 3.71. The van der Waals surface area contributed by atoms with Crippen LogP contribution >= 0.6 is 35.8 Å². The van der Waals surface area contributed by atoms with Gasteiger partial charge in [0.25, 0.3) is 0 Å². The first-order chi connectivity index (χ1) is 8.15. The van der Waals surface area contributed by atoms with Gasteiger partial charge in [-0.15, -0.1) is 24.2 Å². The van der Waals surface area contributed by atoms with Crippen LogP contribution in [0.15, 0.2) is 29.2 Å². The molecular formula is C12H18Cl2N2OS. The first-order valence-electron chi connectivity index (χ1n) is 5.41. The molecule has 0 saturated heterocycles. The molecule has 3 nitrogen and oxygen atoms in total. The molecule has 0 heterocycles. The summed E-state index contributed by atoms with van der Waals surface area (Å²) in [5.74, 6) is 0.536. The third-order valence-electron chi connectivity index (χ3n) is 2.31. The lowest BCUT2D eigenvalue weighted by atomic mass is 10.4. The second-order valence-electron chi connectivity index (χ2n) is 3.64. The lowest BCUT2D eigenvalue weighted by Crippen LogP contribution is -2.33. The van der Waals surface area contributed by atoms with Gasteiger partial charge in [-0.1, -0.05) is 23.7 Å². The van der Waals surface area contributed by atoms with E-state index >= 15 is 0 Å². The molecule has 1 N–H and O–H groups in total. The minimum Gasteiger partial charge on any atom is -0.344 e. The zero-order valence-corrected chi connectivity index (χ0v) is 12.9. The highest BCUT2D eigenvalue weighted by Gasteiger charge is 2.09. The van der Waals surface area contributed by atoms with Gasteiger partial charge in [-0.25, -0.2) is 0 Å². The minimum absolute atomic E-state index is 0. The van der Waals surface area contributed by atoms with Crippen LogP contribution in [0.25, 0.3) is 0 Å². The fourth-order valence-corrected chi connectivity index (χ4v) is 2.40. The SMILES string of the molecule is CNCCN(C)C(=O)CSc1ccccc1Cl.Cl. The zero-order valence-electron chi connectivity index (χ0n) is 10.5. The number of nitrogens with one attached hydrogen (secondary N) is 1. The quantitative estimate of drug-likeness (QED) is 0.820. The molecule has 0 atom stereocenters. The molecule has 0 aromatic heterocycles. The Morgan fingerprint density at radius 1 is 1.44 bits per heavy atom. The van der Waals surface area contributed by atoms with Crippen molar-refractivity contribution in [3.05, 3.63) is 29.3 Å². The van der Waals surface area contributed by atoms with Crippen LogP contribution in [0.5, 0.6) is 0 Å². The Labute approximate surface area is 124 Å². The van der Waals surface area contributed by atoms with Gasteiger partial charge in [-0.05, 0) is 19.2 Å². The van der Waals surface area contributed by atoms with Gasteiger partial charge in [0.2, 0.25) is 5.91 Å². The van der Waals surface area contributed by atoms with Crippen molar-refractivity contribution in [2.24, 2.45) is 0 Å². The Hall–Kier alpha value is -0.420. The molecule has 0 unspecified atom stereocenters. The normalized spacial score (nSPS) is 9.72. The molecule has 102 valence electrons. The van der Waals surface area contributed by atoms with Crippen LogP contribution in [-0.4, -0.2) is 43.7 Å². The molecule has 1 aromatic carbocycles. The van der Waals surface area contributed by atoms with Gasteiger partial charge in [-0.3, -0.25) is 4.79 Å². The number of rotatable bonds is 6. The Bertz CT molecular complexity index is 377. The molecule has 0 fully saturated rings. The Balaban J connectivity index is 0.00000289. The van der Waals surface area contributed by atoms with Crippen LogP contribution in [0.1, 0.15) is 0 Å². The highest BCUT2D eigenvalue weighted by atomic mass is 35.5. The predicted molar refractivity (Wildman–Crippen MR) is 81.0 cm³/mol. The van der Waals surface area contributed by atoms with E-state index in [0.717, 1.165) is 18.0 Å². The number of hydrogen-bond donors (Lipinski definition) is 1. The zero-order chi connectivity index (χ0) is 12.7. The topological polar surface area (TPSA) is 32.3 Å². The maximum Gasteiger partial charge on any atom is 0.232 e. The van der Waals surface area contributed by atoms with Crippen molar-refractivity contribution < 1.29 is 4.79 Å². The summed E-state index contributed by atoms with van der Waals surface area (Å²) >= 11 is 7.49. The van der Waals surface area contributed by atoms with Crippen molar-refractivity contribution in [3.63, 3.8) is 0 Å². The number of thioether (sulfide) groups is 1. The average Bonchev–Trinajstić information content (AvgIpc) is 2.34. The van der Waals surface area contributed by atoms with Gasteiger partial charge in [-0.2, -0.15) is 0 Å². The van der Waals surface area contributed by atoms with E-state index in [2.05, 4.69) is 5.32 Å². The van der Waals surface area contributed by atoms with E-state index in [4.69, 9.17) is 11.6 Å². The van der Waals surface area contributed by atoms with Gasteiger partial charge in [0.1, 0.15) is 0 Å². The lowest BCUT2D eigenvalue weighted by molar-refractivity contribution is -0.127. The number of halogens is 2. The Kier molecular flexibility index (Phi) is 9.28. The molecule has 0 aliphatic rings. The highest BCUT2D eigenvalue weighted by Crippen LogP contribution is 2.26. The van der Waals surface area contributed by atoms with Gasteiger partial charge >= 0.3 is 0 Å². The van der Waals surface area contributed by atoms with E-state index in [0.29, 0.717) is 10.8 Å². The van der Waals surface area contributed by atoms with Gasteiger partial charge in [0.15, 0.2) is 0 Å². The van der Waals surface area contributed by atoms with Gasteiger partial charge < -0.3 is 10.2 Å². The number of carbonyl (C=O) groups excluding carboxylic acids is 1. The molecule has 0 radical (unpaired) electrons. The first kappa shape index (κ1) is 17.6. The first-order valence-corrected chi connectivity index (χ1v) is 6.77. The number of nitrogens with zero attached hydrogens (tertiary/aromatic N) is 1. The summed E-state index contributed by atoms with van der Waals surface area (Å²) in [6, 6.07) is 7.56. The van der Waals surface area contributed by atoms with Crippen molar-refractivity contribution in [2.75, 3.05) is 32.9 Å². The Morgan fingerprint density at radius 3 is 2.72 bits per heavy atom. The number of amides is 1. The molecule has 0 bridgehead atoms. The van der Waals surface area contributed by atoms with Crippen molar-refractivity contribution in [3.8, 4) is 0 Å². The van der Waals surface area contributed by atoms with Crippen molar-refractivity contribution >= 4 is 41.7 Å². The molecule has 0 aliphatic carbocycles. The number of carbonyl (C=O) groups is 1. The highest BCUT2D eigenvalue weighted by molar-refractivity contribution is 8.00. The number of hydrogen-bond acceptors (Lipinski definition) is 3. The second kappa shape index (κ2) is 9.50. The molecule has 6 heteroatoms.